The fraction of sp³-hybridized carbons (Fsp3) is 0.625. The molecular formula is C16H24BrNO3. The zero-order valence-electron chi connectivity index (χ0n) is 12.7. The predicted molar refractivity (Wildman–Crippen MR) is 87.1 cm³/mol. The zero-order chi connectivity index (χ0) is 15.2. The van der Waals surface area contributed by atoms with Gasteiger partial charge in [0, 0.05) is 16.1 Å². The molecule has 1 aromatic carbocycles. The van der Waals surface area contributed by atoms with Gasteiger partial charge in [-0.15, -0.1) is 0 Å². The summed E-state index contributed by atoms with van der Waals surface area (Å²) >= 11 is 3.55. The normalized spacial score (nSPS) is 20.1. The third-order valence-electron chi connectivity index (χ3n) is 3.71. The monoisotopic (exact) mass is 357 g/mol. The van der Waals surface area contributed by atoms with Crippen LogP contribution in [0.3, 0.4) is 0 Å². The summed E-state index contributed by atoms with van der Waals surface area (Å²) in [5.74, 6) is 1.39. The van der Waals surface area contributed by atoms with Crippen LogP contribution in [0.15, 0.2) is 16.6 Å². The zero-order valence-corrected chi connectivity index (χ0v) is 14.3. The summed E-state index contributed by atoms with van der Waals surface area (Å²) in [7, 11) is 0. The van der Waals surface area contributed by atoms with Crippen molar-refractivity contribution >= 4 is 15.9 Å². The molecule has 0 radical (unpaired) electrons. The molecule has 2 rings (SSSR count). The number of halogens is 1. The van der Waals surface area contributed by atoms with Gasteiger partial charge in [0.1, 0.15) is 0 Å². The van der Waals surface area contributed by atoms with Gasteiger partial charge in [0.2, 0.25) is 0 Å². The van der Waals surface area contributed by atoms with Gasteiger partial charge in [-0.25, -0.2) is 0 Å². The van der Waals surface area contributed by atoms with Crippen molar-refractivity contribution in [2.24, 2.45) is 0 Å². The van der Waals surface area contributed by atoms with Crippen LogP contribution < -0.4 is 14.8 Å². The van der Waals surface area contributed by atoms with E-state index in [0.29, 0.717) is 24.7 Å². The second-order valence-electron chi connectivity index (χ2n) is 5.19. The van der Waals surface area contributed by atoms with Gasteiger partial charge in [-0.3, -0.25) is 0 Å². The standard InChI is InChI=1S/C16H24BrNO3/c1-3-20-14-9-11(12(17)10-15(14)21-4-2)16(19)13-7-5-6-8-18-13/h9-10,13,16,18-19H,3-8H2,1-2H3. The number of benzene rings is 1. The molecule has 0 spiro atoms. The summed E-state index contributed by atoms with van der Waals surface area (Å²) in [5.41, 5.74) is 0.848. The van der Waals surface area contributed by atoms with Crippen molar-refractivity contribution in [2.75, 3.05) is 19.8 Å². The quantitative estimate of drug-likeness (QED) is 0.818. The number of aliphatic hydroxyl groups is 1. The molecule has 0 bridgehead atoms. The van der Waals surface area contributed by atoms with E-state index in [9.17, 15) is 5.11 Å². The van der Waals surface area contributed by atoms with Crippen LogP contribution in [0.1, 0.15) is 44.8 Å². The Bertz CT molecular complexity index is 461. The highest BCUT2D eigenvalue weighted by molar-refractivity contribution is 9.10. The highest BCUT2D eigenvalue weighted by Gasteiger charge is 2.25. The first kappa shape index (κ1) is 16.6. The molecule has 0 amide bonds. The van der Waals surface area contributed by atoms with E-state index in [-0.39, 0.29) is 6.04 Å². The van der Waals surface area contributed by atoms with Gasteiger partial charge in [-0.1, -0.05) is 22.4 Å². The molecule has 0 saturated carbocycles. The molecule has 2 atom stereocenters. The Morgan fingerprint density at radius 3 is 2.48 bits per heavy atom. The lowest BCUT2D eigenvalue weighted by Crippen LogP contribution is -2.38. The summed E-state index contributed by atoms with van der Waals surface area (Å²) in [5, 5.41) is 14.0. The largest absolute Gasteiger partial charge is 0.490 e. The lowest BCUT2D eigenvalue weighted by molar-refractivity contribution is 0.113. The number of hydrogen-bond acceptors (Lipinski definition) is 4. The molecule has 2 unspecified atom stereocenters. The molecule has 1 heterocycles. The van der Waals surface area contributed by atoms with Crippen LogP contribution in [0, 0.1) is 0 Å². The number of aliphatic hydroxyl groups excluding tert-OH is 1. The Morgan fingerprint density at radius 1 is 1.24 bits per heavy atom. The number of nitrogens with one attached hydrogen (secondary N) is 1. The minimum absolute atomic E-state index is 0.0995. The van der Waals surface area contributed by atoms with E-state index < -0.39 is 6.10 Å². The summed E-state index contributed by atoms with van der Waals surface area (Å²) in [4.78, 5) is 0. The van der Waals surface area contributed by atoms with Crippen molar-refractivity contribution in [3.63, 3.8) is 0 Å². The first-order valence-corrected chi connectivity index (χ1v) is 8.47. The molecule has 0 aliphatic carbocycles. The van der Waals surface area contributed by atoms with Crippen LogP contribution in [-0.2, 0) is 0 Å². The van der Waals surface area contributed by atoms with Crippen LogP contribution in [0.25, 0.3) is 0 Å². The van der Waals surface area contributed by atoms with Crippen molar-refractivity contribution in [1.82, 2.24) is 5.32 Å². The third kappa shape index (κ3) is 4.11. The Labute approximate surface area is 135 Å². The fourth-order valence-corrected chi connectivity index (χ4v) is 3.24. The van der Waals surface area contributed by atoms with Crippen molar-refractivity contribution in [3.8, 4) is 11.5 Å². The van der Waals surface area contributed by atoms with Crippen molar-refractivity contribution in [1.29, 1.82) is 0 Å². The lowest BCUT2D eigenvalue weighted by atomic mass is 9.94. The maximum atomic E-state index is 10.7. The maximum absolute atomic E-state index is 10.7. The predicted octanol–water partition coefficient (Wildman–Crippen LogP) is 3.42. The van der Waals surface area contributed by atoms with E-state index in [4.69, 9.17) is 9.47 Å². The molecular weight excluding hydrogens is 334 g/mol. The van der Waals surface area contributed by atoms with Gasteiger partial charge >= 0.3 is 0 Å². The number of ether oxygens (including phenoxy) is 2. The van der Waals surface area contributed by atoms with Crippen LogP contribution in [0.2, 0.25) is 0 Å². The van der Waals surface area contributed by atoms with Crippen molar-refractivity contribution in [3.05, 3.63) is 22.2 Å². The summed E-state index contributed by atoms with van der Waals surface area (Å²) in [6.07, 6.45) is 2.78. The SMILES string of the molecule is CCOc1cc(Br)c(C(O)C2CCCCN2)cc1OCC. The second-order valence-corrected chi connectivity index (χ2v) is 6.04. The molecule has 1 fully saturated rings. The molecule has 118 valence electrons. The molecule has 5 heteroatoms. The van der Waals surface area contributed by atoms with Crippen LogP contribution in [0.5, 0.6) is 11.5 Å². The molecule has 4 nitrogen and oxygen atoms in total. The van der Waals surface area contributed by atoms with E-state index in [0.717, 1.165) is 29.4 Å². The smallest absolute Gasteiger partial charge is 0.162 e. The first-order valence-electron chi connectivity index (χ1n) is 7.67. The average Bonchev–Trinajstić information content (AvgIpc) is 2.50. The fourth-order valence-electron chi connectivity index (χ4n) is 2.68. The van der Waals surface area contributed by atoms with Gasteiger partial charge < -0.3 is 19.9 Å². The molecule has 0 aromatic heterocycles. The first-order chi connectivity index (χ1) is 10.2. The Morgan fingerprint density at radius 2 is 1.90 bits per heavy atom. The highest BCUT2D eigenvalue weighted by Crippen LogP contribution is 2.38. The molecule has 1 aliphatic heterocycles. The van der Waals surface area contributed by atoms with E-state index in [1.54, 1.807) is 0 Å². The van der Waals surface area contributed by atoms with Crippen molar-refractivity contribution in [2.45, 2.75) is 45.3 Å². The van der Waals surface area contributed by atoms with Crippen LogP contribution >= 0.6 is 15.9 Å². The van der Waals surface area contributed by atoms with E-state index in [1.807, 2.05) is 26.0 Å². The summed E-state index contributed by atoms with van der Waals surface area (Å²) in [6.45, 7) is 6.00. The Kier molecular flexibility index (Phi) is 6.33. The van der Waals surface area contributed by atoms with Gasteiger partial charge in [0.15, 0.2) is 11.5 Å². The van der Waals surface area contributed by atoms with Crippen molar-refractivity contribution < 1.29 is 14.6 Å². The molecule has 1 aliphatic rings. The lowest BCUT2D eigenvalue weighted by Gasteiger charge is -2.29. The molecule has 1 saturated heterocycles. The van der Waals surface area contributed by atoms with E-state index in [1.165, 1.54) is 6.42 Å². The second kappa shape index (κ2) is 8.01. The van der Waals surface area contributed by atoms with Crippen LogP contribution in [0.4, 0.5) is 0 Å². The maximum Gasteiger partial charge on any atom is 0.162 e. The van der Waals surface area contributed by atoms with Gasteiger partial charge in [-0.05, 0) is 45.4 Å². The van der Waals surface area contributed by atoms with Gasteiger partial charge in [-0.2, -0.15) is 0 Å². The van der Waals surface area contributed by atoms with Gasteiger partial charge in [0.05, 0.1) is 19.3 Å². The summed E-state index contributed by atoms with van der Waals surface area (Å²) in [6, 6.07) is 3.87. The highest BCUT2D eigenvalue weighted by atomic mass is 79.9. The van der Waals surface area contributed by atoms with Crippen LogP contribution in [-0.4, -0.2) is 30.9 Å². The molecule has 21 heavy (non-hydrogen) atoms. The number of hydrogen-bond donors (Lipinski definition) is 2. The number of rotatable bonds is 6. The average molecular weight is 358 g/mol. The summed E-state index contributed by atoms with van der Waals surface area (Å²) < 4.78 is 12.1. The third-order valence-corrected chi connectivity index (χ3v) is 4.40. The Hall–Kier alpha value is -0.780. The minimum atomic E-state index is -0.547. The van der Waals surface area contributed by atoms with E-state index in [2.05, 4.69) is 21.2 Å². The minimum Gasteiger partial charge on any atom is -0.490 e. The van der Waals surface area contributed by atoms with E-state index >= 15 is 0 Å². The Balaban J connectivity index is 2.27. The molecule has 1 aromatic rings. The number of piperidine rings is 1. The molecule has 2 N–H and O–H groups in total. The topological polar surface area (TPSA) is 50.7 Å². The van der Waals surface area contributed by atoms with Gasteiger partial charge in [0.25, 0.3) is 0 Å².